The number of hydrogen-bond acceptors (Lipinski definition) is 8. The molecule has 0 fully saturated rings. The van der Waals surface area contributed by atoms with Crippen molar-refractivity contribution in [1.29, 1.82) is 0 Å². The minimum atomic E-state index is -0.451. The molecule has 0 saturated carbocycles. The number of hydrogen-bond donors (Lipinski definition) is 4. The maximum absolute atomic E-state index is 12.7. The average molecular weight is 649 g/mol. The first-order valence-corrected chi connectivity index (χ1v) is 15.7. The average Bonchev–Trinajstić information content (AvgIpc) is 3.82. The molecule has 0 aliphatic heterocycles. The van der Waals surface area contributed by atoms with Gasteiger partial charge in [-0.1, -0.05) is 36.4 Å². The molecule has 0 aliphatic rings. The zero-order chi connectivity index (χ0) is 32.5. The van der Waals surface area contributed by atoms with E-state index in [0.29, 0.717) is 43.7 Å². The summed E-state index contributed by atoms with van der Waals surface area (Å²) in [6, 6.07) is 27.5. The summed E-state index contributed by atoms with van der Waals surface area (Å²) < 4.78 is 0. The zero-order valence-electron chi connectivity index (χ0n) is 24.7. The molecule has 2 heterocycles. The number of nitrogens with one attached hydrogen (secondary N) is 4. The summed E-state index contributed by atoms with van der Waals surface area (Å²) in [7, 11) is 0. The summed E-state index contributed by atoms with van der Waals surface area (Å²) in [4.78, 5) is 51.4. The van der Waals surface area contributed by atoms with Gasteiger partial charge in [0, 0.05) is 22.5 Å². The van der Waals surface area contributed by atoms with Gasteiger partial charge in [0.15, 0.2) is 0 Å². The highest BCUT2D eigenvalue weighted by atomic mass is 32.1. The minimum absolute atomic E-state index is 0.198. The van der Waals surface area contributed by atoms with E-state index in [0.717, 1.165) is 11.1 Å². The maximum Gasteiger partial charge on any atom is 0.271 e. The molecule has 46 heavy (non-hydrogen) atoms. The lowest BCUT2D eigenvalue weighted by atomic mass is 10.1. The predicted octanol–water partition coefficient (Wildman–Crippen LogP) is 6.62. The number of nitrogens with zero attached hydrogens (tertiary/aromatic N) is 2. The first kappa shape index (κ1) is 31.7. The van der Waals surface area contributed by atoms with E-state index in [2.05, 4.69) is 31.7 Å². The first-order valence-electron chi connectivity index (χ1n) is 14.0. The third-order valence-corrected chi connectivity index (χ3v) is 8.36. The van der Waals surface area contributed by atoms with Crippen LogP contribution in [0, 0.1) is 0 Å². The van der Waals surface area contributed by atoms with Crippen molar-refractivity contribution in [2.45, 2.75) is 13.8 Å². The lowest BCUT2D eigenvalue weighted by molar-refractivity contribution is 0.0943. The molecule has 3 aromatic carbocycles. The van der Waals surface area contributed by atoms with E-state index in [9.17, 15) is 19.2 Å². The van der Waals surface area contributed by atoms with Gasteiger partial charge < -0.3 is 10.6 Å². The molecule has 0 atom stereocenters. The summed E-state index contributed by atoms with van der Waals surface area (Å²) in [6.07, 6.45) is 0. The van der Waals surface area contributed by atoms with Crippen molar-refractivity contribution in [3.8, 4) is 0 Å². The molecule has 230 valence electrons. The van der Waals surface area contributed by atoms with Crippen LogP contribution < -0.4 is 21.5 Å². The fourth-order valence-corrected chi connectivity index (χ4v) is 5.38. The smallest absolute Gasteiger partial charge is 0.271 e. The van der Waals surface area contributed by atoms with Gasteiger partial charge in [-0.05, 0) is 96.4 Å². The summed E-state index contributed by atoms with van der Waals surface area (Å²) in [5.41, 5.74) is 9.42. The topological polar surface area (TPSA) is 141 Å². The van der Waals surface area contributed by atoms with Crippen LogP contribution in [0.3, 0.4) is 0 Å². The maximum atomic E-state index is 12.7. The van der Waals surface area contributed by atoms with Crippen molar-refractivity contribution in [1.82, 2.24) is 10.9 Å². The van der Waals surface area contributed by atoms with Crippen molar-refractivity contribution in [2.75, 3.05) is 10.6 Å². The molecule has 0 saturated heterocycles. The monoisotopic (exact) mass is 648 g/mol. The highest BCUT2D eigenvalue weighted by molar-refractivity contribution is 7.12. The zero-order valence-corrected chi connectivity index (χ0v) is 26.4. The molecule has 2 aromatic heterocycles. The molecule has 10 nitrogen and oxygen atoms in total. The number of hydrazone groups is 2. The summed E-state index contributed by atoms with van der Waals surface area (Å²) in [5, 5.41) is 17.8. The van der Waals surface area contributed by atoms with Gasteiger partial charge in [0.25, 0.3) is 23.6 Å². The lowest BCUT2D eigenvalue weighted by Crippen LogP contribution is -2.21. The van der Waals surface area contributed by atoms with Crippen LogP contribution in [0.1, 0.15) is 65.0 Å². The Labute approximate surface area is 272 Å². The minimum Gasteiger partial charge on any atom is -0.321 e. The number of amides is 4. The Hall–Kier alpha value is -5.72. The highest BCUT2D eigenvalue weighted by Gasteiger charge is 2.12. The number of benzene rings is 3. The number of anilines is 2. The number of rotatable bonds is 10. The van der Waals surface area contributed by atoms with Gasteiger partial charge in [-0.25, -0.2) is 10.9 Å². The van der Waals surface area contributed by atoms with Crippen molar-refractivity contribution in [2.24, 2.45) is 10.2 Å². The molecule has 0 unspecified atom stereocenters. The third-order valence-electron chi connectivity index (χ3n) is 6.63. The second kappa shape index (κ2) is 14.8. The van der Waals surface area contributed by atoms with E-state index < -0.39 is 11.8 Å². The van der Waals surface area contributed by atoms with Crippen LogP contribution in [0.25, 0.3) is 0 Å². The van der Waals surface area contributed by atoms with Gasteiger partial charge in [0.1, 0.15) is 0 Å². The first-order chi connectivity index (χ1) is 22.3. The molecule has 4 amide bonds. The molecule has 0 spiro atoms. The molecule has 5 aromatic rings. The standard InChI is InChI=1S/C34H28N6O4S2/c1-21(25-7-3-9-27(19-25)35-33(43)29-11-5-17-45-29)37-39-31(41)23-13-15-24(16-14-23)32(42)40-38-22(2)26-8-4-10-28(20-26)36-34(44)30-12-6-18-46-30/h3-20H,1-2H3,(H,35,43)(H,36,44)(H,39,41)(H,40,42)/b37-21+,38-22+. The van der Waals surface area contributed by atoms with Crippen molar-refractivity contribution >= 4 is 69.1 Å². The van der Waals surface area contributed by atoms with Crippen LogP contribution in [0.2, 0.25) is 0 Å². The van der Waals surface area contributed by atoms with E-state index in [-0.39, 0.29) is 11.8 Å². The lowest BCUT2D eigenvalue weighted by Gasteiger charge is -2.08. The third kappa shape index (κ3) is 8.25. The predicted molar refractivity (Wildman–Crippen MR) is 183 cm³/mol. The Balaban J connectivity index is 1.15. The highest BCUT2D eigenvalue weighted by Crippen LogP contribution is 2.17. The molecule has 5 rings (SSSR count). The SMILES string of the molecule is C/C(=N\NC(=O)c1ccc(C(=O)N/N=C(\C)c2cccc(NC(=O)c3cccs3)c2)cc1)c1cccc(NC(=O)c2cccs2)c1. The van der Waals surface area contributed by atoms with Gasteiger partial charge in [-0.15, -0.1) is 22.7 Å². The molecular weight excluding hydrogens is 621 g/mol. The second-order valence-corrected chi connectivity index (χ2v) is 11.8. The second-order valence-electron chi connectivity index (χ2n) is 9.88. The van der Waals surface area contributed by atoms with Crippen LogP contribution in [0.5, 0.6) is 0 Å². The largest absolute Gasteiger partial charge is 0.321 e. The molecule has 0 bridgehead atoms. The fraction of sp³-hybridized carbons (Fsp3) is 0.0588. The van der Waals surface area contributed by atoms with Crippen molar-refractivity contribution < 1.29 is 19.2 Å². The number of carbonyl (C=O) groups excluding carboxylic acids is 4. The van der Waals surface area contributed by atoms with Gasteiger partial charge in [-0.2, -0.15) is 10.2 Å². The van der Waals surface area contributed by atoms with E-state index in [1.165, 1.54) is 46.9 Å². The van der Waals surface area contributed by atoms with Gasteiger partial charge in [0.05, 0.1) is 21.2 Å². The molecule has 4 N–H and O–H groups in total. The summed E-state index contributed by atoms with van der Waals surface area (Å²) >= 11 is 2.71. The van der Waals surface area contributed by atoms with Crippen molar-refractivity contribution in [3.05, 3.63) is 140 Å². The van der Waals surface area contributed by atoms with Crippen molar-refractivity contribution in [3.63, 3.8) is 0 Å². The Kier molecular flexibility index (Phi) is 10.2. The van der Waals surface area contributed by atoms with Gasteiger partial charge in [0.2, 0.25) is 0 Å². The number of thiophene rings is 2. The summed E-state index contributed by atoms with van der Waals surface area (Å²) in [5.74, 6) is -1.30. The molecule has 0 radical (unpaired) electrons. The van der Waals surface area contributed by atoms with E-state index in [4.69, 9.17) is 0 Å². The van der Waals surface area contributed by atoms with Crippen LogP contribution in [0.15, 0.2) is 118 Å². The Morgan fingerprint density at radius 1 is 0.500 bits per heavy atom. The van der Waals surface area contributed by atoms with E-state index >= 15 is 0 Å². The Morgan fingerprint density at radius 2 is 0.913 bits per heavy atom. The molecule has 12 heteroatoms. The van der Waals surface area contributed by atoms with Crippen LogP contribution >= 0.6 is 22.7 Å². The fourth-order valence-electron chi connectivity index (χ4n) is 4.15. The van der Waals surface area contributed by atoms with E-state index in [1.807, 2.05) is 35.0 Å². The van der Waals surface area contributed by atoms with Gasteiger partial charge >= 0.3 is 0 Å². The van der Waals surface area contributed by atoms with E-state index in [1.54, 1.807) is 62.4 Å². The normalized spacial score (nSPS) is 11.4. The van der Waals surface area contributed by atoms with Crippen LogP contribution in [-0.4, -0.2) is 35.1 Å². The summed E-state index contributed by atoms with van der Waals surface area (Å²) in [6.45, 7) is 3.49. The van der Waals surface area contributed by atoms with Gasteiger partial charge in [-0.3, -0.25) is 19.2 Å². The Morgan fingerprint density at radius 3 is 1.28 bits per heavy atom. The van der Waals surface area contributed by atoms with Crippen LogP contribution in [0.4, 0.5) is 11.4 Å². The quantitative estimate of drug-likeness (QED) is 0.0998. The number of carbonyl (C=O) groups is 4. The van der Waals surface area contributed by atoms with Crippen LogP contribution in [-0.2, 0) is 0 Å². The molecule has 0 aliphatic carbocycles. The molecular formula is C34H28N6O4S2. The Bertz CT molecular complexity index is 1790.